The van der Waals surface area contributed by atoms with Gasteiger partial charge in [-0.2, -0.15) is 0 Å². The van der Waals surface area contributed by atoms with Gasteiger partial charge in [-0.05, 0) is 51.2 Å². The summed E-state index contributed by atoms with van der Waals surface area (Å²) in [5.74, 6) is 1.47. The number of phenolic OH excluding ortho intramolecular Hbond substituents is 1. The van der Waals surface area contributed by atoms with Crippen molar-refractivity contribution in [2.75, 3.05) is 0 Å². The smallest absolute Gasteiger partial charge is 0.141 e. The first-order chi connectivity index (χ1) is 9.27. The lowest BCUT2D eigenvalue weighted by Gasteiger charge is -2.20. The molecule has 20 heavy (non-hydrogen) atoms. The topological polar surface area (TPSA) is 29.5 Å². The lowest BCUT2D eigenvalue weighted by molar-refractivity contribution is 0.434. The maximum Gasteiger partial charge on any atom is 0.141 e. The Balaban J connectivity index is 2.29. The maximum atomic E-state index is 10.1. The number of rotatable bonds is 2. The monoisotopic (exact) mass is 354 g/mol. The van der Waals surface area contributed by atoms with Crippen LogP contribution in [0.25, 0.3) is 0 Å². The SMILES string of the molecule is CC(C)(C)c1ccc(Oc2ccc(Cl)cc2Br)cc1O. The van der Waals surface area contributed by atoms with Gasteiger partial charge in [-0.1, -0.05) is 38.4 Å². The lowest BCUT2D eigenvalue weighted by Crippen LogP contribution is -2.11. The van der Waals surface area contributed by atoms with E-state index in [4.69, 9.17) is 16.3 Å². The summed E-state index contributed by atoms with van der Waals surface area (Å²) in [4.78, 5) is 0. The minimum Gasteiger partial charge on any atom is -0.508 e. The predicted octanol–water partition coefficient (Wildman–Crippen LogP) is 5.90. The van der Waals surface area contributed by atoms with E-state index in [2.05, 4.69) is 36.7 Å². The maximum absolute atomic E-state index is 10.1. The molecule has 0 bridgehead atoms. The van der Waals surface area contributed by atoms with Gasteiger partial charge in [-0.15, -0.1) is 0 Å². The summed E-state index contributed by atoms with van der Waals surface area (Å²) in [6.07, 6.45) is 0. The van der Waals surface area contributed by atoms with Crippen molar-refractivity contribution in [1.29, 1.82) is 0 Å². The first-order valence-electron chi connectivity index (χ1n) is 6.24. The Bertz CT molecular complexity index is 633. The van der Waals surface area contributed by atoms with Crippen LogP contribution in [0.15, 0.2) is 40.9 Å². The molecular formula is C16H16BrClO2. The highest BCUT2D eigenvalue weighted by Crippen LogP contribution is 2.36. The van der Waals surface area contributed by atoms with Crippen LogP contribution in [0.2, 0.25) is 5.02 Å². The molecule has 0 radical (unpaired) electrons. The van der Waals surface area contributed by atoms with Crippen LogP contribution in [0.4, 0.5) is 0 Å². The second-order valence-corrected chi connectivity index (χ2v) is 6.90. The molecule has 2 nitrogen and oxygen atoms in total. The van der Waals surface area contributed by atoms with Crippen LogP contribution >= 0.6 is 27.5 Å². The molecule has 0 aliphatic carbocycles. The third kappa shape index (κ3) is 3.47. The average Bonchev–Trinajstić information content (AvgIpc) is 2.31. The van der Waals surface area contributed by atoms with E-state index in [-0.39, 0.29) is 11.2 Å². The van der Waals surface area contributed by atoms with Crippen molar-refractivity contribution < 1.29 is 9.84 Å². The number of ether oxygens (including phenoxy) is 1. The number of benzene rings is 2. The van der Waals surface area contributed by atoms with E-state index < -0.39 is 0 Å². The fraction of sp³-hybridized carbons (Fsp3) is 0.250. The first-order valence-corrected chi connectivity index (χ1v) is 7.41. The zero-order valence-electron chi connectivity index (χ0n) is 11.6. The molecule has 0 atom stereocenters. The quantitative estimate of drug-likeness (QED) is 0.727. The van der Waals surface area contributed by atoms with Gasteiger partial charge >= 0.3 is 0 Å². The van der Waals surface area contributed by atoms with Gasteiger partial charge in [-0.3, -0.25) is 0 Å². The third-order valence-electron chi connectivity index (χ3n) is 2.90. The fourth-order valence-electron chi connectivity index (χ4n) is 1.89. The summed E-state index contributed by atoms with van der Waals surface area (Å²) >= 11 is 9.29. The molecule has 0 heterocycles. The molecule has 2 aromatic rings. The van der Waals surface area contributed by atoms with Gasteiger partial charge in [-0.25, -0.2) is 0 Å². The molecule has 2 rings (SSSR count). The zero-order chi connectivity index (χ0) is 14.9. The van der Waals surface area contributed by atoms with Gasteiger partial charge in [0.15, 0.2) is 0 Å². The standard InChI is InChI=1S/C16H16BrClO2/c1-16(2,3)12-6-5-11(9-14(12)19)20-15-7-4-10(18)8-13(15)17/h4-9,19H,1-3H3. The zero-order valence-corrected chi connectivity index (χ0v) is 13.9. The molecule has 0 unspecified atom stereocenters. The Morgan fingerprint density at radius 2 is 1.80 bits per heavy atom. The predicted molar refractivity (Wildman–Crippen MR) is 86.0 cm³/mol. The summed E-state index contributed by atoms with van der Waals surface area (Å²) in [5.41, 5.74) is 0.781. The highest BCUT2D eigenvalue weighted by Gasteiger charge is 2.18. The second-order valence-electron chi connectivity index (χ2n) is 5.61. The summed E-state index contributed by atoms with van der Waals surface area (Å²) in [6.45, 7) is 6.16. The van der Waals surface area contributed by atoms with Crippen molar-refractivity contribution in [3.63, 3.8) is 0 Å². The van der Waals surface area contributed by atoms with Gasteiger partial charge in [0, 0.05) is 11.1 Å². The number of hydrogen-bond donors (Lipinski definition) is 1. The summed E-state index contributed by atoms with van der Waals surface area (Å²) < 4.78 is 6.52. The van der Waals surface area contributed by atoms with Crippen molar-refractivity contribution in [2.24, 2.45) is 0 Å². The normalized spacial score (nSPS) is 11.4. The lowest BCUT2D eigenvalue weighted by atomic mass is 9.86. The summed E-state index contributed by atoms with van der Waals surface area (Å²) in [5, 5.41) is 10.7. The first kappa shape index (κ1) is 15.2. The van der Waals surface area contributed by atoms with Crippen molar-refractivity contribution in [3.8, 4) is 17.2 Å². The molecule has 1 N–H and O–H groups in total. The summed E-state index contributed by atoms with van der Waals surface area (Å²) in [7, 11) is 0. The molecule has 4 heteroatoms. The number of hydrogen-bond acceptors (Lipinski definition) is 2. The van der Waals surface area contributed by atoms with Crippen LogP contribution in [0.1, 0.15) is 26.3 Å². The van der Waals surface area contributed by atoms with Crippen molar-refractivity contribution >= 4 is 27.5 Å². The van der Waals surface area contributed by atoms with E-state index in [9.17, 15) is 5.11 Å². The van der Waals surface area contributed by atoms with Gasteiger partial charge in [0.05, 0.1) is 4.47 Å². The molecule has 0 fully saturated rings. The van der Waals surface area contributed by atoms with Crippen molar-refractivity contribution in [3.05, 3.63) is 51.5 Å². The Kier molecular flexibility index (Phi) is 4.31. The molecular weight excluding hydrogens is 340 g/mol. The fourth-order valence-corrected chi connectivity index (χ4v) is 2.66. The molecule has 0 amide bonds. The van der Waals surface area contributed by atoms with E-state index in [1.165, 1.54) is 0 Å². The molecule has 0 spiro atoms. The van der Waals surface area contributed by atoms with Crippen molar-refractivity contribution in [2.45, 2.75) is 26.2 Å². The van der Waals surface area contributed by atoms with Crippen LogP contribution in [0.3, 0.4) is 0 Å². The Morgan fingerprint density at radius 1 is 1.10 bits per heavy atom. The Hall–Kier alpha value is -1.19. The minimum atomic E-state index is -0.108. The average molecular weight is 356 g/mol. The van der Waals surface area contributed by atoms with Gasteiger partial charge in [0.2, 0.25) is 0 Å². The summed E-state index contributed by atoms with van der Waals surface area (Å²) in [6, 6.07) is 10.7. The van der Waals surface area contributed by atoms with E-state index in [1.807, 2.05) is 12.1 Å². The third-order valence-corrected chi connectivity index (χ3v) is 3.75. The van der Waals surface area contributed by atoms with E-state index in [1.54, 1.807) is 24.3 Å². The molecule has 0 saturated heterocycles. The largest absolute Gasteiger partial charge is 0.508 e. The van der Waals surface area contributed by atoms with Crippen LogP contribution in [0.5, 0.6) is 17.2 Å². The van der Waals surface area contributed by atoms with Gasteiger partial charge in [0.25, 0.3) is 0 Å². The van der Waals surface area contributed by atoms with Crippen molar-refractivity contribution in [1.82, 2.24) is 0 Å². The van der Waals surface area contributed by atoms with Crippen LogP contribution in [-0.2, 0) is 5.41 Å². The van der Waals surface area contributed by atoms with Crippen LogP contribution in [0, 0.1) is 0 Å². The highest BCUT2D eigenvalue weighted by molar-refractivity contribution is 9.10. The second kappa shape index (κ2) is 5.66. The van der Waals surface area contributed by atoms with Gasteiger partial charge in [0.1, 0.15) is 17.2 Å². The Morgan fingerprint density at radius 3 is 2.35 bits per heavy atom. The Labute approximate surface area is 132 Å². The minimum absolute atomic E-state index is 0.108. The molecule has 0 saturated carbocycles. The van der Waals surface area contributed by atoms with Gasteiger partial charge < -0.3 is 9.84 Å². The number of aromatic hydroxyl groups is 1. The van der Waals surface area contributed by atoms with E-state index in [0.717, 1.165) is 10.0 Å². The molecule has 0 aliphatic heterocycles. The molecule has 0 aromatic heterocycles. The van der Waals surface area contributed by atoms with E-state index >= 15 is 0 Å². The molecule has 2 aromatic carbocycles. The number of phenols is 1. The van der Waals surface area contributed by atoms with E-state index in [0.29, 0.717) is 16.5 Å². The van der Waals surface area contributed by atoms with Crippen LogP contribution < -0.4 is 4.74 Å². The number of halogens is 2. The molecule has 106 valence electrons. The highest BCUT2D eigenvalue weighted by atomic mass is 79.9. The molecule has 0 aliphatic rings. The van der Waals surface area contributed by atoms with Crippen LogP contribution in [-0.4, -0.2) is 5.11 Å².